The van der Waals surface area contributed by atoms with E-state index in [1.165, 1.54) is 24.5 Å². The number of anilines is 4. The molecule has 2 N–H and O–H groups in total. The number of carbonyl (C=O) groups excluding carboxylic acids is 2. The Morgan fingerprint density at radius 2 is 1.91 bits per heavy atom. The molecule has 12 nitrogen and oxygen atoms in total. The van der Waals surface area contributed by atoms with Crippen LogP contribution in [-0.4, -0.2) is 102 Å². The maximum atomic E-state index is 14.7. The van der Waals surface area contributed by atoms with Crippen molar-refractivity contribution >= 4 is 46.6 Å². The SMILES string of the molecule is CN1CCN(CCC(=O)Nc2cc(Nc3cc(-c4cc(Cl)ccc4F)nnc3N(C)CC3(C)CCOC3=O)ncn2)CC1. The predicted molar refractivity (Wildman–Crippen MR) is 162 cm³/mol. The number of rotatable bonds is 10. The highest BCUT2D eigenvalue weighted by Gasteiger charge is 2.41. The summed E-state index contributed by atoms with van der Waals surface area (Å²) >= 11 is 6.13. The number of benzene rings is 1. The van der Waals surface area contributed by atoms with Gasteiger partial charge in [0.2, 0.25) is 5.91 Å². The summed E-state index contributed by atoms with van der Waals surface area (Å²) in [5.74, 6) is 0.184. The number of halogens is 2. The Hall–Kier alpha value is -3.94. The minimum absolute atomic E-state index is 0.148. The molecule has 1 amide bonds. The second-order valence-electron chi connectivity index (χ2n) is 11.3. The third kappa shape index (κ3) is 7.53. The second kappa shape index (κ2) is 13.1. The van der Waals surface area contributed by atoms with Gasteiger partial charge in [-0.05, 0) is 44.7 Å². The van der Waals surface area contributed by atoms with Crippen molar-refractivity contribution in [3.05, 3.63) is 47.5 Å². The van der Waals surface area contributed by atoms with Crippen LogP contribution in [0.15, 0.2) is 36.7 Å². The molecular weight excluding hydrogens is 577 g/mol. The van der Waals surface area contributed by atoms with E-state index in [9.17, 15) is 14.0 Å². The van der Waals surface area contributed by atoms with E-state index in [4.69, 9.17) is 16.3 Å². The monoisotopic (exact) mass is 611 g/mol. The molecule has 14 heteroatoms. The molecule has 1 atom stereocenters. The number of nitrogens with zero attached hydrogens (tertiary/aromatic N) is 7. The average molecular weight is 612 g/mol. The van der Waals surface area contributed by atoms with E-state index < -0.39 is 11.2 Å². The number of cyclic esters (lactones) is 1. The van der Waals surface area contributed by atoms with E-state index in [2.05, 4.69) is 47.6 Å². The number of piperazine rings is 1. The van der Waals surface area contributed by atoms with Crippen molar-refractivity contribution in [2.45, 2.75) is 19.8 Å². The van der Waals surface area contributed by atoms with Crippen LogP contribution in [0.5, 0.6) is 0 Å². The number of ether oxygens (including phenoxy) is 1. The van der Waals surface area contributed by atoms with Crippen LogP contribution in [0.2, 0.25) is 5.02 Å². The summed E-state index contributed by atoms with van der Waals surface area (Å²) in [6, 6.07) is 7.44. The number of hydrogen-bond acceptors (Lipinski definition) is 11. The first-order chi connectivity index (χ1) is 20.6. The Kier molecular flexibility index (Phi) is 9.33. The average Bonchev–Trinajstić information content (AvgIpc) is 3.31. The maximum absolute atomic E-state index is 14.7. The van der Waals surface area contributed by atoms with Crippen molar-refractivity contribution in [2.24, 2.45) is 5.41 Å². The Morgan fingerprint density at radius 1 is 1.14 bits per heavy atom. The van der Waals surface area contributed by atoms with E-state index in [1.807, 2.05) is 6.92 Å². The molecule has 2 aliphatic rings. The third-order valence-electron chi connectivity index (χ3n) is 7.75. The van der Waals surface area contributed by atoms with Gasteiger partial charge in [-0.25, -0.2) is 14.4 Å². The molecular formula is C29H35ClFN9O3. The number of esters is 1. The molecule has 228 valence electrons. The van der Waals surface area contributed by atoms with Crippen molar-refractivity contribution in [3.8, 4) is 11.3 Å². The van der Waals surface area contributed by atoms with Crippen LogP contribution in [0.3, 0.4) is 0 Å². The minimum Gasteiger partial charge on any atom is -0.465 e. The van der Waals surface area contributed by atoms with Crippen LogP contribution in [0, 0.1) is 11.2 Å². The van der Waals surface area contributed by atoms with Gasteiger partial charge in [0, 0.05) is 69.4 Å². The highest BCUT2D eigenvalue weighted by molar-refractivity contribution is 6.30. The number of aromatic nitrogens is 4. The molecule has 5 rings (SSSR count). The Labute approximate surface area is 254 Å². The topological polar surface area (TPSA) is 129 Å². The van der Waals surface area contributed by atoms with Crippen molar-refractivity contribution in [2.75, 3.05) is 75.5 Å². The quantitative estimate of drug-likeness (QED) is 0.327. The van der Waals surface area contributed by atoms with Gasteiger partial charge >= 0.3 is 5.97 Å². The van der Waals surface area contributed by atoms with Crippen LogP contribution in [0.1, 0.15) is 19.8 Å². The van der Waals surface area contributed by atoms with Crippen LogP contribution >= 0.6 is 11.6 Å². The molecule has 0 aliphatic carbocycles. The van der Waals surface area contributed by atoms with Crippen LogP contribution in [-0.2, 0) is 14.3 Å². The fourth-order valence-corrected chi connectivity index (χ4v) is 5.31. The van der Waals surface area contributed by atoms with Gasteiger partial charge in [-0.2, -0.15) is 0 Å². The second-order valence-corrected chi connectivity index (χ2v) is 11.7. The van der Waals surface area contributed by atoms with Crippen LogP contribution in [0.25, 0.3) is 11.3 Å². The largest absolute Gasteiger partial charge is 0.465 e. The number of hydrogen-bond donors (Lipinski definition) is 2. The van der Waals surface area contributed by atoms with Gasteiger partial charge in [-0.15, -0.1) is 10.2 Å². The molecule has 2 saturated heterocycles. The Balaban J connectivity index is 1.36. The van der Waals surface area contributed by atoms with E-state index in [0.717, 1.165) is 26.2 Å². The third-order valence-corrected chi connectivity index (χ3v) is 7.99. The maximum Gasteiger partial charge on any atom is 0.313 e. The number of carbonyl (C=O) groups is 2. The lowest BCUT2D eigenvalue weighted by Crippen LogP contribution is -2.45. The molecule has 2 aromatic heterocycles. The highest BCUT2D eigenvalue weighted by Crippen LogP contribution is 2.35. The lowest BCUT2D eigenvalue weighted by molar-refractivity contribution is -0.145. The van der Waals surface area contributed by atoms with E-state index in [0.29, 0.717) is 60.7 Å². The molecule has 2 fully saturated rings. The highest BCUT2D eigenvalue weighted by atomic mass is 35.5. The number of amides is 1. The number of likely N-dealkylation sites (N-methyl/N-ethyl adjacent to an activating group) is 1. The summed E-state index contributed by atoms with van der Waals surface area (Å²) < 4.78 is 19.9. The van der Waals surface area contributed by atoms with E-state index >= 15 is 0 Å². The fourth-order valence-electron chi connectivity index (χ4n) is 5.14. The first kappa shape index (κ1) is 30.5. The number of nitrogens with one attached hydrogen (secondary N) is 2. The van der Waals surface area contributed by atoms with Gasteiger partial charge in [-0.1, -0.05) is 11.6 Å². The van der Waals surface area contributed by atoms with E-state index in [-0.39, 0.29) is 23.1 Å². The van der Waals surface area contributed by atoms with Gasteiger partial charge < -0.3 is 30.1 Å². The Bertz CT molecular complexity index is 1490. The summed E-state index contributed by atoms with van der Waals surface area (Å²) in [4.78, 5) is 39.9. The van der Waals surface area contributed by atoms with Crippen molar-refractivity contribution < 1.29 is 18.7 Å². The van der Waals surface area contributed by atoms with Gasteiger partial charge in [0.25, 0.3) is 0 Å². The van der Waals surface area contributed by atoms with Gasteiger partial charge in [0.1, 0.15) is 23.8 Å². The van der Waals surface area contributed by atoms with Crippen molar-refractivity contribution in [3.63, 3.8) is 0 Å². The van der Waals surface area contributed by atoms with Gasteiger partial charge in [0.05, 0.1) is 23.4 Å². The first-order valence-electron chi connectivity index (χ1n) is 14.1. The molecule has 3 aromatic rings. The molecule has 0 saturated carbocycles. The normalized spacial score (nSPS) is 19.2. The van der Waals surface area contributed by atoms with Gasteiger partial charge in [0.15, 0.2) is 5.82 Å². The lowest BCUT2D eigenvalue weighted by Gasteiger charge is -2.32. The predicted octanol–water partition coefficient (Wildman–Crippen LogP) is 3.44. The summed E-state index contributed by atoms with van der Waals surface area (Å²) in [6.07, 6.45) is 2.25. The zero-order valence-electron chi connectivity index (χ0n) is 24.4. The minimum atomic E-state index is -0.720. The molecule has 1 aromatic carbocycles. The molecule has 0 spiro atoms. The van der Waals surface area contributed by atoms with Crippen LogP contribution < -0.4 is 15.5 Å². The standard InChI is InChI=1S/C29H35ClFN9O3/c1-29(7-13-43-28(29)42)17-39(3)27-23(15-22(36-37-27)20-14-19(30)4-5-21(20)31)34-24-16-25(33-18-32-24)35-26(41)6-8-40-11-9-38(2)10-12-40/h4-5,14-16,18H,6-13,17H2,1-3H3,(H2,32,33,34,35,36,41). The van der Waals surface area contributed by atoms with Crippen molar-refractivity contribution in [1.82, 2.24) is 30.0 Å². The fraction of sp³-hybridized carbons (Fsp3) is 0.448. The molecule has 4 heterocycles. The summed E-state index contributed by atoms with van der Waals surface area (Å²) in [5, 5.41) is 15.1. The summed E-state index contributed by atoms with van der Waals surface area (Å²) in [6.45, 7) is 7.03. The van der Waals surface area contributed by atoms with Crippen LogP contribution in [0.4, 0.5) is 27.5 Å². The first-order valence-corrected chi connectivity index (χ1v) is 14.5. The van der Waals surface area contributed by atoms with Crippen molar-refractivity contribution in [1.29, 1.82) is 0 Å². The Morgan fingerprint density at radius 3 is 2.65 bits per heavy atom. The molecule has 0 bridgehead atoms. The smallest absolute Gasteiger partial charge is 0.313 e. The summed E-state index contributed by atoms with van der Waals surface area (Å²) in [7, 11) is 3.88. The molecule has 0 radical (unpaired) electrons. The lowest BCUT2D eigenvalue weighted by atomic mass is 9.88. The summed E-state index contributed by atoms with van der Waals surface area (Å²) in [5.41, 5.74) is 0.159. The molecule has 2 aliphatic heterocycles. The molecule has 1 unspecified atom stereocenters. The molecule has 43 heavy (non-hydrogen) atoms. The zero-order chi connectivity index (χ0) is 30.6. The van der Waals surface area contributed by atoms with Gasteiger partial charge in [-0.3, -0.25) is 9.59 Å². The van der Waals surface area contributed by atoms with E-state index in [1.54, 1.807) is 24.1 Å². The zero-order valence-corrected chi connectivity index (χ0v) is 25.2.